The second-order valence-electron chi connectivity index (χ2n) is 6.99. The highest BCUT2D eigenvalue weighted by Crippen LogP contribution is 2.29. The van der Waals surface area contributed by atoms with Crippen molar-refractivity contribution in [2.24, 2.45) is 12.0 Å². The van der Waals surface area contributed by atoms with Crippen LogP contribution >= 0.6 is 46.7 Å². The van der Waals surface area contributed by atoms with Crippen molar-refractivity contribution in [2.45, 2.75) is 19.4 Å². The van der Waals surface area contributed by atoms with Crippen LogP contribution < -0.4 is 5.32 Å². The lowest BCUT2D eigenvalue weighted by Crippen LogP contribution is -2.48. The number of thiazole rings is 1. The Balaban J connectivity index is 0.00000256. The fourth-order valence-electron chi connectivity index (χ4n) is 3.41. The Labute approximate surface area is 202 Å². The Morgan fingerprint density at radius 2 is 2.27 bits per heavy atom. The number of hydrogen-bond donors (Lipinski definition) is 1. The van der Waals surface area contributed by atoms with Gasteiger partial charge in [-0.05, 0) is 25.5 Å². The maximum Gasteiger partial charge on any atom is 0.193 e. The van der Waals surface area contributed by atoms with Crippen LogP contribution in [0.3, 0.4) is 0 Å². The van der Waals surface area contributed by atoms with E-state index in [2.05, 4.69) is 42.8 Å². The van der Waals surface area contributed by atoms with Crippen LogP contribution in [0.15, 0.2) is 34.9 Å². The lowest BCUT2D eigenvalue weighted by molar-refractivity contribution is -0.00800. The molecule has 0 spiro atoms. The zero-order chi connectivity index (χ0) is 20.2. The number of rotatable bonds is 5. The topological polar surface area (TPSA) is 67.6 Å². The van der Waals surface area contributed by atoms with Crippen LogP contribution in [0.5, 0.6) is 0 Å². The maximum atomic E-state index is 5.94. The summed E-state index contributed by atoms with van der Waals surface area (Å²) >= 11 is 3.51. The summed E-state index contributed by atoms with van der Waals surface area (Å²) in [5.41, 5.74) is 2.19. The molecule has 7 nitrogen and oxygen atoms in total. The van der Waals surface area contributed by atoms with Crippen LogP contribution in [0.1, 0.15) is 21.6 Å². The highest BCUT2D eigenvalue weighted by Gasteiger charge is 2.25. The number of nitrogens with one attached hydrogen (secondary N) is 1. The lowest BCUT2D eigenvalue weighted by atomic mass is 10.1. The number of aliphatic imine (C=N–C) groups is 1. The molecule has 1 fully saturated rings. The van der Waals surface area contributed by atoms with E-state index in [-0.39, 0.29) is 30.1 Å². The lowest BCUT2D eigenvalue weighted by Gasteiger charge is -2.34. The van der Waals surface area contributed by atoms with Gasteiger partial charge in [0, 0.05) is 49.2 Å². The van der Waals surface area contributed by atoms with E-state index >= 15 is 0 Å². The smallest absolute Gasteiger partial charge is 0.193 e. The molecule has 1 aliphatic heterocycles. The number of thiophene rings is 1. The highest BCUT2D eigenvalue weighted by atomic mass is 127. The quantitative estimate of drug-likeness (QED) is 0.294. The third-order valence-electron chi connectivity index (χ3n) is 4.86. The molecular formula is C20H27IN6OS2. The fourth-order valence-corrected chi connectivity index (χ4v) is 5.06. The molecule has 10 heteroatoms. The Morgan fingerprint density at radius 3 is 2.97 bits per heavy atom. The SMILES string of the molecule is CN=C(NCCc1ccc(-c2csc(C)n2)s1)N1CCOC(c2cnn(C)c2)C1.I. The zero-order valence-corrected chi connectivity index (χ0v) is 21.3. The van der Waals surface area contributed by atoms with E-state index in [1.807, 2.05) is 49.4 Å². The van der Waals surface area contributed by atoms with Gasteiger partial charge in [-0.2, -0.15) is 5.10 Å². The van der Waals surface area contributed by atoms with Gasteiger partial charge in [0.05, 0.1) is 34.9 Å². The number of aryl methyl sites for hydroxylation is 2. The molecule has 1 N–H and O–H groups in total. The number of guanidine groups is 1. The summed E-state index contributed by atoms with van der Waals surface area (Å²) in [4.78, 5) is 13.9. The maximum absolute atomic E-state index is 5.94. The van der Waals surface area contributed by atoms with Gasteiger partial charge in [-0.25, -0.2) is 4.98 Å². The Bertz CT molecular complexity index is 982. The van der Waals surface area contributed by atoms with Crippen LogP contribution in [-0.2, 0) is 18.2 Å². The van der Waals surface area contributed by atoms with Crippen LogP contribution in [-0.4, -0.2) is 58.9 Å². The number of hydrogen-bond acceptors (Lipinski definition) is 6. The minimum absolute atomic E-state index is 0. The number of ether oxygens (including phenoxy) is 1. The first-order valence-corrected chi connectivity index (χ1v) is 11.4. The number of halogens is 1. The molecule has 1 aliphatic rings. The number of nitrogens with zero attached hydrogens (tertiary/aromatic N) is 5. The van der Waals surface area contributed by atoms with Crippen LogP contribution in [0.25, 0.3) is 10.6 Å². The molecule has 4 heterocycles. The van der Waals surface area contributed by atoms with Gasteiger partial charge in [-0.1, -0.05) is 0 Å². The highest BCUT2D eigenvalue weighted by molar-refractivity contribution is 14.0. The van der Waals surface area contributed by atoms with Crippen LogP contribution in [0.4, 0.5) is 0 Å². The molecule has 3 aromatic rings. The van der Waals surface area contributed by atoms with Crippen molar-refractivity contribution in [2.75, 3.05) is 33.3 Å². The van der Waals surface area contributed by atoms with Crippen molar-refractivity contribution in [1.82, 2.24) is 25.0 Å². The zero-order valence-electron chi connectivity index (χ0n) is 17.4. The molecule has 1 unspecified atom stereocenters. The molecule has 0 radical (unpaired) electrons. The van der Waals surface area contributed by atoms with Crippen molar-refractivity contribution in [1.29, 1.82) is 0 Å². The predicted octanol–water partition coefficient (Wildman–Crippen LogP) is 3.72. The molecule has 0 amide bonds. The summed E-state index contributed by atoms with van der Waals surface area (Å²) in [6, 6.07) is 4.37. The van der Waals surface area contributed by atoms with Crippen molar-refractivity contribution >= 4 is 52.6 Å². The molecule has 30 heavy (non-hydrogen) atoms. The van der Waals surface area contributed by atoms with Crippen LogP contribution in [0.2, 0.25) is 0 Å². The second-order valence-corrected chi connectivity index (χ2v) is 9.23. The first-order valence-electron chi connectivity index (χ1n) is 9.69. The molecule has 4 rings (SSSR count). The second kappa shape index (κ2) is 10.7. The molecule has 3 aromatic heterocycles. The van der Waals surface area contributed by atoms with Crippen molar-refractivity contribution in [3.8, 4) is 10.6 Å². The van der Waals surface area contributed by atoms with Crippen molar-refractivity contribution in [3.63, 3.8) is 0 Å². The standard InChI is InChI=1S/C20H26N6OS2.HI/c1-14-24-17(13-28-14)19-5-4-16(29-19)6-7-22-20(21-2)26-8-9-27-18(12-26)15-10-23-25(3)11-15;/h4-5,10-11,13,18H,6-9,12H2,1-3H3,(H,21,22);1H. The van der Waals surface area contributed by atoms with Gasteiger partial charge in [-0.3, -0.25) is 9.67 Å². The van der Waals surface area contributed by atoms with E-state index in [1.54, 1.807) is 11.3 Å². The Morgan fingerprint density at radius 1 is 1.40 bits per heavy atom. The van der Waals surface area contributed by atoms with E-state index in [0.717, 1.165) is 48.3 Å². The summed E-state index contributed by atoms with van der Waals surface area (Å²) in [5, 5.41) is 11.0. The van der Waals surface area contributed by atoms with Gasteiger partial charge in [-0.15, -0.1) is 46.7 Å². The third kappa shape index (κ3) is 5.59. The average molecular weight is 559 g/mol. The summed E-state index contributed by atoms with van der Waals surface area (Å²) < 4.78 is 7.75. The Hall–Kier alpha value is -1.50. The van der Waals surface area contributed by atoms with Gasteiger partial charge in [0.2, 0.25) is 0 Å². The predicted molar refractivity (Wildman–Crippen MR) is 134 cm³/mol. The minimum atomic E-state index is 0. The van der Waals surface area contributed by atoms with Crippen molar-refractivity contribution < 1.29 is 4.74 Å². The normalized spacial score (nSPS) is 17.1. The van der Waals surface area contributed by atoms with E-state index < -0.39 is 0 Å². The minimum Gasteiger partial charge on any atom is -0.370 e. The number of morpholine rings is 1. The third-order valence-corrected chi connectivity index (χ3v) is 6.80. The van der Waals surface area contributed by atoms with Crippen LogP contribution in [0, 0.1) is 6.92 Å². The van der Waals surface area contributed by atoms with E-state index in [1.165, 1.54) is 9.75 Å². The van der Waals surface area contributed by atoms with Gasteiger partial charge in [0.15, 0.2) is 5.96 Å². The van der Waals surface area contributed by atoms with Gasteiger partial charge in [0.25, 0.3) is 0 Å². The first kappa shape index (κ1) is 23.2. The molecule has 0 saturated carbocycles. The van der Waals surface area contributed by atoms with E-state index in [0.29, 0.717) is 6.61 Å². The molecule has 162 valence electrons. The van der Waals surface area contributed by atoms with Crippen molar-refractivity contribution in [3.05, 3.63) is 45.4 Å². The largest absolute Gasteiger partial charge is 0.370 e. The molecule has 0 bridgehead atoms. The first-order chi connectivity index (χ1) is 14.1. The van der Waals surface area contributed by atoms with Gasteiger partial charge < -0.3 is 15.0 Å². The molecule has 1 saturated heterocycles. The number of aromatic nitrogens is 3. The molecular weight excluding hydrogens is 531 g/mol. The summed E-state index contributed by atoms with van der Waals surface area (Å²) in [7, 11) is 3.76. The summed E-state index contributed by atoms with van der Waals surface area (Å²) in [6.45, 7) is 5.18. The van der Waals surface area contributed by atoms with E-state index in [4.69, 9.17) is 4.74 Å². The summed E-state index contributed by atoms with van der Waals surface area (Å²) in [5.74, 6) is 0.925. The molecule has 0 aromatic carbocycles. The van der Waals surface area contributed by atoms with Gasteiger partial charge in [0.1, 0.15) is 6.10 Å². The van der Waals surface area contributed by atoms with E-state index in [9.17, 15) is 0 Å². The van der Waals surface area contributed by atoms with Gasteiger partial charge >= 0.3 is 0 Å². The monoisotopic (exact) mass is 558 g/mol. The molecule has 1 atom stereocenters. The Kier molecular flexibility index (Phi) is 8.26. The average Bonchev–Trinajstić information content (AvgIpc) is 3.46. The summed E-state index contributed by atoms with van der Waals surface area (Å²) in [6.07, 6.45) is 4.88. The fraction of sp³-hybridized carbons (Fsp3) is 0.450. The molecule has 0 aliphatic carbocycles.